The Morgan fingerprint density at radius 1 is 1.24 bits per heavy atom. The number of primary amides is 1. The SMILES string of the molecule is NC(=O)C1CC(=O)N(c2ccccc2CN2CCCC2)C1. The van der Waals surface area contributed by atoms with Crippen molar-refractivity contribution < 1.29 is 9.59 Å². The van der Waals surface area contributed by atoms with Gasteiger partial charge in [0.1, 0.15) is 0 Å². The first-order valence-electron chi connectivity index (χ1n) is 7.55. The van der Waals surface area contributed by atoms with Crippen LogP contribution in [0.5, 0.6) is 0 Å². The molecule has 5 heteroatoms. The van der Waals surface area contributed by atoms with Crippen molar-refractivity contribution in [3.05, 3.63) is 29.8 Å². The van der Waals surface area contributed by atoms with Crippen molar-refractivity contribution in [3.8, 4) is 0 Å². The number of rotatable bonds is 4. The first kappa shape index (κ1) is 14.1. The van der Waals surface area contributed by atoms with Gasteiger partial charge in [0.25, 0.3) is 0 Å². The third-order valence-corrected chi connectivity index (χ3v) is 4.40. The Bertz CT molecular complexity index is 552. The van der Waals surface area contributed by atoms with Gasteiger partial charge in [-0.1, -0.05) is 18.2 Å². The molecule has 1 atom stereocenters. The minimum absolute atomic E-state index is 0.00679. The van der Waals surface area contributed by atoms with Crippen LogP contribution in [0.3, 0.4) is 0 Å². The van der Waals surface area contributed by atoms with E-state index >= 15 is 0 Å². The molecule has 1 aromatic carbocycles. The molecule has 0 saturated carbocycles. The summed E-state index contributed by atoms with van der Waals surface area (Å²) in [4.78, 5) is 27.6. The molecule has 0 aromatic heterocycles. The lowest BCUT2D eigenvalue weighted by Crippen LogP contribution is -2.30. The fourth-order valence-electron chi connectivity index (χ4n) is 3.22. The number of carbonyl (C=O) groups is 2. The first-order valence-corrected chi connectivity index (χ1v) is 7.55. The molecule has 2 aliphatic rings. The highest BCUT2D eigenvalue weighted by atomic mass is 16.2. The Morgan fingerprint density at radius 3 is 2.62 bits per heavy atom. The molecule has 0 spiro atoms. The summed E-state index contributed by atoms with van der Waals surface area (Å²) >= 11 is 0. The number of para-hydroxylation sites is 1. The summed E-state index contributed by atoms with van der Waals surface area (Å²) in [6.07, 6.45) is 2.72. The summed E-state index contributed by atoms with van der Waals surface area (Å²) in [5.41, 5.74) is 7.42. The van der Waals surface area contributed by atoms with Crippen molar-refractivity contribution in [3.63, 3.8) is 0 Å². The second-order valence-electron chi connectivity index (χ2n) is 5.92. The van der Waals surface area contributed by atoms with Crippen LogP contribution in [0, 0.1) is 5.92 Å². The summed E-state index contributed by atoms with van der Waals surface area (Å²) in [6.45, 7) is 3.50. The van der Waals surface area contributed by atoms with Crippen molar-refractivity contribution in [1.82, 2.24) is 4.90 Å². The van der Waals surface area contributed by atoms with E-state index in [0.717, 1.165) is 30.9 Å². The van der Waals surface area contributed by atoms with E-state index in [1.807, 2.05) is 18.2 Å². The average molecular weight is 287 g/mol. The van der Waals surface area contributed by atoms with Crippen molar-refractivity contribution in [2.45, 2.75) is 25.8 Å². The zero-order chi connectivity index (χ0) is 14.8. The van der Waals surface area contributed by atoms with E-state index < -0.39 is 0 Å². The topological polar surface area (TPSA) is 66.6 Å². The van der Waals surface area contributed by atoms with Crippen LogP contribution in [0.15, 0.2) is 24.3 Å². The molecule has 112 valence electrons. The molecule has 0 radical (unpaired) electrons. The summed E-state index contributed by atoms with van der Waals surface area (Å²) < 4.78 is 0. The molecule has 2 amide bonds. The molecule has 2 N–H and O–H groups in total. The first-order chi connectivity index (χ1) is 10.1. The normalized spacial score (nSPS) is 23.0. The molecule has 0 bridgehead atoms. The molecule has 21 heavy (non-hydrogen) atoms. The highest BCUT2D eigenvalue weighted by molar-refractivity contribution is 6.00. The second-order valence-corrected chi connectivity index (χ2v) is 5.92. The molecule has 0 aliphatic carbocycles. The van der Waals surface area contributed by atoms with Crippen LogP contribution >= 0.6 is 0 Å². The van der Waals surface area contributed by atoms with Crippen molar-refractivity contribution in [2.75, 3.05) is 24.5 Å². The average Bonchev–Trinajstić information content (AvgIpc) is 3.09. The minimum Gasteiger partial charge on any atom is -0.369 e. The Labute approximate surface area is 124 Å². The van der Waals surface area contributed by atoms with Gasteiger partial charge in [0.05, 0.1) is 5.92 Å². The van der Waals surface area contributed by atoms with Crippen LogP contribution in [0.4, 0.5) is 5.69 Å². The van der Waals surface area contributed by atoms with E-state index in [4.69, 9.17) is 5.73 Å². The molecular formula is C16H21N3O2. The van der Waals surface area contributed by atoms with E-state index in [9.17, 15) is 9.59 Å². The van der Waals surface area contributed by atoms with Gasteiger partial charge in [-0.15, -0.1) is 0 Å². The largest absolute Gasteiger partial charge is 0.369 e. The van der Waals surface area contributed by atoms with E-state index in [1.54, 1.807) is 4.90 Å². The van der Waals surface area contributed by atoms with Gasteiger partial charge in [-0.2, -0.15) is 0 Å². The molecule has 2 aliphatic heterocycles. The van der Waals surface area contributed by atoms with Gasteiger partial charge in [-0.05, 0) is 37.6 Å². The summed E-state index contributed by atoms with van der Waals surface area (Å²) in [6, 6.07) is 7.97. The van der Waals surface area contributed by atoms with Gasteiger partial charge in [0.15, 0.2) is 0 Å². The van der Waals surface area contributed by atoms with Gasteiger partial charge >= 0.3 is 0 Å². The predicted molar refractivity (Wildman–Crippen MR) is 80.6 cm³/mol. The molecule has 2 saturated heterocycles. The van der Waals surface area contributed by atoms with Crippen LogP contribution < -0.4 is 10.6 Å². The lowest BCUT2D eigenvalue weighted by Gasteiger charge is -2.23. The Balaban J connectivity index is 1.81. The maximum Gasteiger partial charge on any atom is 0.227 e. The molecule has 2 heterocycles. The van der Waals surface area contributed by atoms with Crippen molar-refractivity contribution in [2.24, 2.45) is 11.7 Å². The third kappa shape index (κ3) is 2.93. The summed E-state index contributed by atoms with van der Waals surface area (Å²) in [5.74, 6) is -0.757. The number of carbonyl (C=O) groups excluding carboxylic acids is 2. The maximum atomic E-state index is 12.2. The highest BCUT2D eigenvalue weighted by Gasteiger charge is 2.34. The van der Waals surface area contributed by atoms with Crippen LogP contribution in [-0.4, -0.2) is 36.3 Å². The van der Waals surface area contributed by atoms with Crippen molar-refractivity contribution >= 4 is 17.5 Å². The molecule has 1 unspecified atom stereocenters. The number of likely N-dealkylation sites (tertiary alicyclic amines) is 1. The minimum atomic E-state index is -0.386. The number of nitrogens with two attached hydrogens (primary N) is 1. The molecular weight excluding hydrogens is 266 g/mol. The van der Waals surface area contributed by atoms with Gasteiger partial charge < -0.3 is 10.6 Å². The molecule has 1 aromatic rings. The fraction of sp³-hybridized carbons (Fsp3) is 0.500. The Kier molecular flexibility index (Phi) is 3.92. The van der Waals surface area contributed by atoms with Gasteiger partial charge in [0, 0.05) is 25.2 Å². The maximum absolute atomic E-state index is 12.2. The molecule has 5 nitrogen and oxygen atoms in total. The molecule has 2 fully saturated rings. The summed E-state index contributed by atoms with van der Waals surface area (Å²) in [7, 11) is 0. The number of hydrogen-bond acceptors (Lipinski definition) is 3. The smallest absolute Gasteiger partial charge is 0.227 e. The van der Waals surface area contributed by atoms with E-state index in [0.29, 0.717) is 6.54 Å². The zero-order valence-electron chi connectivity index (χ0n) is 12.1. The van der Waals surface area contributed by atoms with Crippen LogP contribution in [-0.2, 0) is 16.1 Å². The van der Waals surface area contributed by atoms with Crippen molar-refractivity contribution in [1.29, 1.82) is 0 Å². The van der Waals surface area contributed by atoms with E-state index in [1.165, 1.54) is 12.8 Å². The van der Waals surface area contributed by atoms with Crippen LogP contribution in [0.1, 0.15) is 24.8 Å². The number of nitrogens with zero attached hydrogens (tertiary/aromatic N) is 2. The molecule has 3 rings (SSSR count). The third-order valence-electron chi connectivity index (χ3n) is 4.40. The number of amides is 2. The van der Waals surface area contributed by atoms with Gasteiger partial charge in [-0.25, -0.2) is 0 Å². The van der Waals surface area contributed by atoms with Crippen LogP contribution in [0.25, 0.3) is 0 Å². The Hall–Kier alpha value is -1.88. The predicted octanol–water partition coefficient (Wildman–Crippen LogP) is 1.12. The Morgan fingerprint density at radius 2 is 1.95 bits per heavy atom. The zero-order valence-corrected chi connectivity index (χ0v) is 12.1. The lowest BCUT2D eigenvalue weighted by atomic mass is 10.1. The highest BCUT2D eigenvalue weighted by Crippen LogP contribution is 2.29. The number of anilines is 1. The quantitative estimate of drug-likeness (QED) is 0.902. The second kappa shape index (κ2) is 5.85. The number of hydrogen-bond donors (Lipinski definition) is 1. The fourth-order valence-corrected chi connectivity index (χ4v) is 3.22. The van der Waals surface area contributed by atoms with E-state index in [2.05, 4.69) is 11.0 Å². The lowest BCUT2D eigenvalue weighted by molar-refractivity contribution is -0.123. The number of benzene rings is 1. The van der Waals surface area contributed by atoms with Gasteiger partial charge in [-0.3, -0.25) is 14.5 Å². The van der Waals surface area contributed by atoms with E-state index in [-0.39, 0.29) is 24.2 Å². The summed E-state index contributed by atoms with van der Waals surface area (Å²) in [5, 5.41) is 0. The van der Waals surface area contributed by atoms with Gasteiger partial charge in [0.2, 0.25) is 11.8 Å². The monoisotopic (exact) mass is 287 g/mol. The standard InChI is InChI=1S/C16H21N3O2/c17-16(21)13-9-15(20)19(11-13)14-6-2-1-5-12(14)10-18-7-3-4-8-18/h1-2,5-6,13H,3-4,7-11H2,(H2,17,21). The van der Waals surface area contributed by atoms with Crippen LogP contribution in [0.2, 0.25) is 0 Å².